The van der Waals surface area contributed by atoms with Gasteiger partial charge in [0, 0.05) is 19.2 Å². The highest BCUT2D eigenvalue weighted by molar-refractivity contribution is 7.16. The number of nitrogens with zero attached hydrogens (tertiary/aromatic N) is 2. The van der Waals surface area contributed by atoms with Crippen molar-refractivity contribution < 1.29 is 23.8 Å². The van der Waals surface area contributed by atoms with Gasteiger partial charge in [0.2, 0.25) is 0 Å². The smallest absolute Gasteiger partial charge is 0.338 e. The SMILES string of the molecule is CCOC(=O)c1ccc2c(c1)sc(=NC(=O)c1ccc(OC(C)C)cc1)n2CCOC. The number of methoxy groups -OCH3 is 1. The highest BCUT2D eigenvalue weighted by Gasteiger charge is 2.13. The quantitative estimate of drug-likeness (QED) is 0.492. The topological polar surface area (TPSA) is 79.1 Å². The van der Waals surface area contributed by atoms with Crippen molar-refractivity contribution in [2.24, 2.45) is 4.99 Å². The summed E-state index contributed by atoms with van der Waals surface area (Å²) < 4.78 is 18.7. The second-order valence-corrected chi connectivity index (χ2v) is 8.05. The second-order valence-electron chi connectivity index (χ2n) is 7.04. The van der Waals surface area contributed by atoms with Crippen LogP contribution in [0.3, 0.4) is 0 Å². The van der Waals surface area contributed by atoms with Gasteiger partial charge in [0.1, 0.15) is 5.75 Å². The molecule has 2 aromatic carbocycles. The number of carbonyl (C=O) groups excluding carboxylic acids is 2. The van der Waals surface area contributed by atoms with E-state index in [1.165, 1.54) is 11.3 Å². The van der Waals surface area contributed by atoms with Gasteiger partial charge in [-0.25, -0.2) is 4.79 Å². The monoisotopic (exact) mass is 442 g/mol. The van der Waals surface area contributed by atoms with E-state index in [1.807, 2.05) is 24.5 Å². The third-order valence-electron chi connectivity index (χ3n) is 4.38. The van der Waals surface area contributed by atoms with Crippen LogP contribution in [-0.4, -0.2) is 42.9 Å². The molecule has 0 saturated carbocycles. The fourth-order valence-electron chi connectivity index (χ4n) is 3.00. The molecule has 1 aromatic heterocycles. The number of benzene rings is 2. The van der Waals surface area contributed by atoms with E-state index < -0.39 is 0 Å². The largest absolute Gasteiger partial charge is 0.491 e. The Morgan fingerprint density at radius 1 is 1.10 bits per heavy atom. The molecule has 0 spiro atoms. The lowest BCUT2D eigenvalue weighted by molar-refractivity contribution is 0.0526. The van der Waals surface area contributed by atoms with Crippen molar-refractivity contribution in [1.82, 2.24) is 4.57 Å². The zero-order valence-corrected chi connectivity index (χ0v) is 18.9. The lowest BCUT2D eigenvalue weighted by atomic mass is 10.2. The van der Waals surface area contributed by atoms with Crippen molar-refractivity contribution in [1.29, 1.82) is 0 Å². The molecule has 0 saturated heterocycles. The minimum atomic E-state index is -0.375. The van der Waals surface area contributed by atoms with Gasteiger partial charge in [-0.2, -0.15) is 4.99 Å². The van der Waals surface area contributed by atoms with E-state index in [-0.39, 0.29) is 18.0 Å². The van der Waals surface area contributed by atoms with Crippen LogP contribution < -0.4 is 9.54 Å². The first kappa shape index (κ1) is 22.7. The Morgan fingerprint density at radius 3 is 2.45 bits per heavy atom. The predicted octanol–water partition coefficient (Wildman–Crippen LogP) is 4.05. The van der Waals surface area contributed by atoms with Crippen LogP contribution in [0.2, 0.25) is 0 Å². The minimum Gasteiger partial charge on any atom is -0.491 e. The molecule has 0 N–H and O–H groups in total. The number of amides is 1. The van der Waals surface area contributed by atoms with E-state index >= 15 is 0 Å². The van der Waals surface area contributed by atoms with Crippen molar-refractivity contribution in [3.05, 3.63) is 58.4 Å². The minimum absolute atomic E-state index is 0.0593. The molecule has 0 radical (unpaired) electrons. The maximum absolute atomic E-state index is 12.8. The van der Waals surface area contributed by atoms with Crippen LogP contribution in [-0.2, 0) is 16.0 Å². The third kappa shape index (κ3) is 5.59. The van der Waals surface area contributed by atoms with Gasteiger partial charge in [-0.05, 0) is 63.2 Å². The molecule has 1 amide bonds. The molecule has 3 aromatic rings. The summed E-state index contributed by atoms with van der Waals surface area (Å²) in [6.07, 6.45) is 0.0593. The number of hydrogen-bond acceptors (Lipinski definition) is 6. The molecule has 0 unspecified atom stereocenters. The molecule has 3 rings (SSSR count). The lowest BCUT2D eigenvalue weighted by Crippen LogP contribution is -2.19. The number of esters is 1. The first-order chi connectivity index (χ1) is 14.9. The summed E-state index contributed by atoms with van der Waals surface area (Å²) in [5.74, 6) is -0.0194. The molecule has 0 aliphatic heterocycles. The number of rotatable bonds is 8. The van der Waals surface area contributed by atoms with Crippen molar-refractivity contribution in [2.45, 2.75) is 33.4 Å². The summed E-state index contributed by atoms with van der Waals surface area (Å²) in [6.45, 7) is 6.97. The fraction of sp³-hybridized carbons (Fsp3) is 0.348. The molecular formula is C23H26N2O5S. The summed E-state index contributed by atoms with van der Waals surface area (Å²) in [5.41, 5.74) is 1.81. The maximum Gasteiger partial charge on any atom is 0.338 e. The number of thiazole rings is 1. The Morgan fingerprint density at radius 2 is 1.81 bits per heavy atom. The van der Waals surface area contributed by atoms with Crippen molar-refractivity contribution in [2.75, 3.05) is 20.3 Å². The van der Waals surface area contributed by atoms with Gasteiger partial charge < -0.3 is 18.8 Å². The van der Waals surface area contributed by atoms with Gasteiger partial charge in [0.15, 0.2) is 4.80 Å². The Balaban J connectivity index is 1.99. The number of aromatic nitrogens is 1. The number of carbonyl (C=O) groups is 2. The predicted molar refractivity (Wildman–Crippen MR) is 120 cm³/mol. The van der Waals surface area contributed by atoms with E-state index in [0.29, 0.717) is 41.4 Å². The van der Waals surface area contributed by atoms with Crippen LogP contribution in [0.25, 0.3) is 10.2 Å². The molecule has 164 valence electrons. The van der Waals surface area contributed by atoms with Gasteiger partial charge in [-0.15, -0.1) is 0 Å². The summed E-state index contributed by atoms with van der Waals surface area (Å²) in [7, 11) is 1.62. The third-order valence-corrected chi connectivity index (χ3v) is 5.42. The summed E-state index contributed by atoms with van der Waals surface area (Å²) in [6, 6.07) is 12.3. The van der Waals surface area contributed by atoms with Gasteiger partial charge in [-0.3, -0.25) is 4.79 Å². The van der Waals surface area contributed by atoms with Gasteiger partial charge in [0.05, 0.1) is 35.1 Å². The Labute approximate surface area is 184 Å². The Hall–Kier alpha value is -2.97. The normalized spacial score (nSPS) is 11.8. The molecule has 1 heterocycles. The summed E-state index contributed by atoms with van der Waals surface area (Å²) in [4.78, 5) is 29.8. The number of hydrogen-bond donors (Lipinski definition) is 0. The zero-order valence-electron chi connectivity index (χ0n) is 18.1. The maximum atomic E-state index is 12.8. The van der Waals surface area contributed by atoms with Crippen LogP contribution in [0.4, 0.5) is 0 Å². The average Bonchev–Trinajstić information content (AvgIpc) is 3.08. The van der Waals surface area contributed by atoms with Gasteiger partial charge >= 0.3 is 5.97 Å². The first-order valence-electron chi connectivity index (χ1n) is 10.1. The standard InChI is InChI=1S/C23H26N2O5S/c1-5-29-22(27)17-8-11-19-20(14-17)31-23(25(19)12-13-28-4)24-21(26)16-6-9-18(10-7-16)30-15(2)3/h6-11,14-15H,5,12-13H2,1-4H3. The van der Waals surface area contributed by atoms with Gasteiger partial charge in [0.25, 0.3) is 5.91 Å². The Kier molecular flexibility index (Phi) is 7.59. The number of ether oxygens (including phenoxy) is 3. The van der Waals surface area contributed by atoms with E-state index in [4.69, 9.17) is 14.2 Å². The summed E-state index contributed by atoms with van der Waals surface area (Å²) >= 11 is 1.35. The van der Waals surface area contributed by atoms with Crippen LogP contribution >= 0.6 is 11.3 Å². The van der Waals surface area contributed by atoms with E-state index in [9.17, 15) is 9.59 Å². The highest BCUT2D eigenvalue weighted by Crippen LogP contribution is 2.20. The van der Waals surface area contributed by atoms with Crippen LogP contribution in [0, 0.1) is 0 Å². The Bertz CT molecular complexity index is 1130. The van der Waals surface area contributed by atoms with E-state index in [0.717, 1.165) is 10.2 Å². The van der Waals surface area contributed by atoms with E-state index in [2.05, 4.69) is 4.99 Å². The van der Waals surface area contributed by atoms with Crippen LogP contribution in [0.5, 0.6) is 5.75 Å². The molecular weight excluding hydrogens is 416 g/mol. The molecule has 0 atom stereocenters. The van der Waals surface area contributed by atoms with Crippen molar-refractivity contribution >= 4 is 33.4 Å². The first-order valence-corrected chi connectivity index (χ1v) is 10.9. The van der Waals surface area contributed by atoms with Crippen LogP contribution in [0.15, 0.2) is 47.5 Å². The molecule has 0 aliphatic carbocycles. The van der Waals surface area contributed by atoms with Crippen molar-refractivity contribution in [3.8, 4) is 5.75 Å². The average molecular weight is 443 g/mol. The highest BCUT2D eigenvalue weighted by atomic mass is 32.1. The van der Waals surface area contributed by atoms with Gasteiger partial charge in [-0.1, -0.05) is 11.3 Å². The lowest BCUT2D eigenvalue weighted by Gasteiger charge is -2.09. The fourth-order valence-corrected chi connectivity index (χ4v) is 4.09. The molecule has 31 heavy (non-hydrogen) atoms. The molecule has 7 nitrogen and oxygen atoms in total. The molecule has 8 heteroatoms. The molecule has 0 fully saturated rings. The summed E-state index contributed by atoms with van der Waals surface area (Å²) in [5, 5.41) is 0. The van der Waals surface area contributed by atoms with E-state index in [1.54, 1.807) is 50.4 Å². The van der Waals surface area contributed by atoms with Crippen LogP contribution in [0.1, 0.15) is 41.5 Å². The molecule has 0 aliphatic rings. The molecule has 0 bridgehead atoms. The zero-order chi connectivity index (χ0) is 22.4. The number of fused-ring (bicyclic) bond motifs is 1. The second kappa shape index (κ2) is 10.4. The van der Waals surface area contributed by atoms with Crippen molar-refractivity contribution in [3.63, 3.8) is 0 Å².